The molecule has 4 heteroatoms. The first-order chi connectivity index (χ1) is 16.8. The zero-order valence-electron chi connectivity index (χ0n) is 19.0. The van der Waals surface area contributed by atoms with Crippen LogP contribution in [0.15, 0.2) is 100 Å². The topological polar surface area (TPSA) is 39.9 Å². The Morgan fingerprint density at radius 2 is 1.65 bits per heavy atom. The third kappa shape index (κ3) is 3.67. The molecule has 0 saturated carbocycles. The summed E-state index contributed by atoms with van der Waals surface area (Å²) >= 11 is 2.03. The molecule has 6 rings (SSSR count). The van der Waals surface area contributed by atoms with E-state index in [1.54, 1.807) is 11.1 Å². The largest absolute Gasteiger partial charge is 0.312 e. The van der Waals surface area contributed by atoms with Gasteiger partial charge in [0.2, 0.25) is 0 Å². The first-order valence-corrected chi connectivity index (χ1v) is 12.8. The first kappa shape index (κ1) is 21.0. The van der Waals surface area contributed by atoms with Crippen molar-refractivity contribution >= 4 is 17.4 Å². The summed E-state index contributed by atoms with van der Waals surface area (Å²) < 4.78 is 0. The van der Waals surface area contributed by atoms with E-state index in [1.165, 1.54) is 52.4 Å². The lowest BCUT2D eigenvalue weighted by Gasteiger charge is -2.40. The van der Waals surface area contributed by atoms with Gasteiger partial charge in [0.15, 0.2) is 0 Å². The second-order valence-electron chi connectivity index (χ2n) is 8.87. The monoisotopic (exact) mass is 459 g/mol. The van der Waals surface area contributed by atoms with Gasteiger partial charge >= 0.3 is 0 Å². The third-order valence-corrected chi connectivity index (χ3v) is 8.14. The predicted molar refractivity (Wildman–Crippen MR) is 141 cm³/mol. The summed E-state index contributed by atoms with van der Waals surface area (Å²) in [6.45, 7) is 0. The number of para-hydroxylation sites is 1. The number of nitriles is 1. The molecule has 34 heavy (non-hydrogen) atoms. The van der Waals surface area contributed by atoms with Gasteiger partial charge in [-0.15, -0.1) is 0 Å². The van der Waals surface area contributed by atoms with Gasteiger partial charge in [-0.05, 0) is 79.5 Å². The van der Waals surface area contributed by atoms with Crippen molar-refractivity contribution in [2.45, 2.75) is 38.5 Å². The van der Waals surface area contributed by atoms with E-state index >= 15 is 0 Å². The van der Waals surface area contributed by atoms with Crippen molar-refractivity contribution in [3.63, 3.8) is 0 Å². The minimum absolute atomic E-state index is 0.438. The molecule has 0 atom stereocenters. The highest BCUT2D eigenvalue weighted by atomic mass is 32.2. The molecular formula is C30H25N3S. The highest BCUT2D eigenvalue weighted by molar-refractivity contribution is 8.06. The van der Waals surface area contributed by atoms with Crippen LogP contribution in [0.4, 0.5) is 5.69 Å². The average Bonchev–Trinajstić information content (AvgIpc) is 2.92. The standard InChI is InChI=1S/C30H25N3S/c31-20-22-19-21(17-18-32-22)23-9-1-2-10-24(23)25-11-3-4-12-26(25)33-27-13-5-7-15-29(27)34-30-16-8-6-14-28(30)33/h1-5,9-13,17-19H,6-8,14-16H2. The molecule has 0 spiro atoms. The zero-order valence-corrected chi connectivity index (χ0v) is 19.8. The highest BCUT2D eigenvalue weighted by Crippen LogP contribution is 2.51. The fourth-order valence-electron chi connectivity index (χ4n) is 5.24. The fraction of sp³-hybridized carbons (Fsp3) is 0.200. The second-order valence-corrected chi connectivity index (χ2v) is 10.1. The van der Waals surface area contributed by atoms with Gasteiger partial charge in [-0.3, -0.25) is 0 Å². The lowest BCUT2D eigenvalue weighted by atomic mass is 9.92. The smallest absolute Gasteiger partial charge is 0.141 e. The molecule has 1 aromatic heterocycles. The fourth-order valence-corrected chi connectivity index (χ4v) is 6.57. The van der Waals surface area contributed by atoms with E-state index < -0.39 is 0 Å². The van der Waals surface area contributed by atoms with Crippen molar-refractivity contribution in [2.75, 3.05) is 4.90 Å². The predicted octanol–water partition coefficient (Wildman–Crippen LogP) is 8.19. The number of thioether (sulfide) groups is 1. The molecule has 1 aliphatic heterocycles. The van der Waals surface area contributed by atoms with Crippen LogP contribution in [0, 0.1) is 11.3 Å². The molecule has 2 aliphatic carbocycles. The van der Waals surface area contributed by atoms with Gasteiger partial charge < -0.3 is 4.90 Å². The summed E-state index contributed by atoms with van der Waals surface area (Å²) in [5.41, 5.74) is 9.01. The minimum Gasteiger partial charge on any atom is -0.312 e. The maximum absolute atomic E-state index is 9.39. The Bertz CT molecular complexity index is 1410. The lowest BCUT2D eigenvalue weighted by Crippen LogP contribution is -2.28. The molecule has 0 radical (unpaired) electrons. The Balaban J connectivity index is 1.55. The van der Waals surface area contributed by atoms with Gasteiger partial charge in [0.25, 0.3) is 0 Å². The molecule has 0 unspecified atom stereocenters. The molecule has 2 aromatic carbocycles. The van der Waals surface area contributed by atoms with Gasteiger partial charge in [-0.1, -0.05) is 60.3 Å². The van der Waals surface area contributed by atoms with Crippen molar-refractivity contribution in [1.82, 2.24) is 4.98 Å². The van der Waals surface area contributed by atoms with Crippen LogP contribution < -0.4 is 4.90 Å². The van der Waals surface area contributed by atoms with Gasteiger partial charge in [-0.2, -0.15) is 5.26 Å². The van der Waals surface area contributed by atoms with Crippen molar-refractivity contribution in [3.05, 3.63) is 106 Å². The molecule has 3 aromatic rings. The molecular weight excluding hydrogens is 434 g/mol. The van der Waals surface area contributed by atoms with Crippen molar-refractivity contribution in [3.8, 4) is 28.3 Å². The van der Waals surface area contributed by atoms with Crippen LogP contribution in [-0.4, -0.2) is 4.98 Å². The number of pyridine rings is 1. The van der Waals surface area contributed by atoms with E-state index in [0.717, 1.165) is 30.4 Å². The number of allylic oxidation sites excluding steroid dienone is 5. The van der Waals surface area contributed by atoms with Crippen LogP contribution in [0.3, 0.4) is 0 Å². The maximum atomic E-state index is 9.39. The Morgan fingerprint density at radius 3 is 2.53 bits per heavy atom. The van der Waals surface area contributed by atoms with Crippen molar-refractivity contribution in [1.29, 1.82) is 5.26 Å². The molecule has 3 aliphatic rings. The number of aromatic nitrogens is 1. The number of anilines is 1. The quantitative estimate of drug-likeness (QED) is 0.396. The third-order valence-electron chi connectivity index (χ3n) is 6.79. The lowest BCUT2D eigenvalue weighted by molar-refractivity contribution is 0.676. The van der Waals surface area contributed by atoms with E-state index in [2.05, 4.69) is 76.6 Å². The maximum Gasteiger partial charge on any atom is 0.141 e. The van der Waals surface area contributed by atoms with E-state index in [9.17, 15) is 5.26 Å². The number of hydrogen-bond acceptors (Lipinski definition) is 4. The highest BCUT2D eigenvalue weighted by Gasteiger charge is 2.31. The van der Waals surface area contributed by atoms with Gasteiger partial charge in [0.1, 0.15) is 11.8 Å². The molecule has 0 amide bonds. The number of hydrogen-bond donors (Lipinski definition) is 0. The van der Waals surface area contributed by atoms with E-state index in [-0.39, 0.29) is 0 Å². The molecule has 0 bridgehead atoms. The Kier molecular flexibility index (Phi) is 5.57. The van der Waals surface area contributed by atoms with Crippen LogP contribution in [0.2, 0.25) is 0 Å². The van der Waals surface area contributed by atoms with Gasteiger partial charge in [0, 0.05) is 27.3 Å². The van der Waals surface area contributed by atoms with Gasteiger partial charge in [-0.25, -0.2) is 4.98 Å². The van der Waals surface area contributed by atoms with Gasteiger partial charge in [0.05, 0.1) is 11.4 Å². The summed E-state index contributed by atoms with van der Waals surface area (Å²) in [7, 11) is 0. The number of nitrogens with zero attached hydrogens (tertiary/aromatic N) is 3. The minimum atomic E-state index is 0.438. The Morgan fingerprint density at radius 1 is 0.853 bits per heavy atom. The van der Waals surface area contributed by atoms with Crippen molar-refractivity contribution in [2.24, 2.45) is 0 Å². The SMILES string of the molecule is N#Cc1cc(-c2ccccc2-c2ccccc2N2C3=C(CCC=C3)SC3=C2CCCC3)ccn1. The molecule has 0 N–H and O–H groups in total. The molecule has 0 fully saturated rings. The summed E-state index contributed by atoms with van der Waals surface area (Å²) in [5, 5.41) is 9.39. The van der Waals surface area contributed by atoms with E-state index in [1.807, 2.05) is 23.9 Å². The van der Waals surface area contributed by atoms with Crippen molar-refractivity contribution < 1.29 is 0 Å². The normalized spacial score (nSPS) is 17.3. The number of benzene rings is 2. The average molecular weight is 460 g/mol. The summed E-state index contributed by atoms with van der Waals surface area (Å²) in [6, 6.07) is 23.3. The summed E-state index contributed by atoms with van der Waals surface area (Å²) in [6.07, 6.45) is 13.4. The second kappa shape index (κ2) is 9.00. The summed E-state index contributed by atoms with van der Waals surface area (Å²) in [5.74, 6) is 0. The van der Waals surface area contributed by atoms with Crippen LogP contribution in [-0.2, 0) is 0 Å². The van der Waals surface area contributed by atoms with Crippen LogP contribution in [0.5, 0.6) is 0 Å². The zero-order chi connectivity index (χ0) is 22.9. The number of rotatable bonds is 3. The molecule has 2 heterocycles. The van der Waals surface area contributed by atoms with Crippen LogP contribution >= 0.6 is 11.8 Å². The Labute approximate surface area is 205 Å². The molecule has 3 nitrogen and oxygen atoms in total. The first-order valence-electron chi connectivity index (χ1n) is 12.0. The molecule has 166 valence electrons. The summed E-state index contributed by atoms with van der Waals surface area (Å²) in [4.78, 5) is 9.78. The Hall–Kier alpha value is -3.55. The van der Waals surface area contributed by atoms with E-state index in [0.29, 0.717) is 5.69 Å². The molecule has 0 saturated heterocycles. The van der Waals surface area contributed by atoms with E-state index in [4.69, 9.17) is 0 Å². The van der Waals surface area contributed by atoms with Crippen LogP contribution in [0.25, 0.3) is 22.3 Å². The van der Waals surface area contributed by atoms with Crippen LogP contribution in [0.1, 0.15) is 44.2 Å².